The van der Waals surface area contributed by atoms with Gasteiger partial charge in [-0.3, -0.25) is 24.6 Å². The van der Waals surface area contributed by atoms with Crippen LogP contribution in [0, 0.1) is 5.92 Å². The van der Waals surface area contributed by atoms with Crippen LogP contribution in [0.1, 0.15) is 84.6 Å². The van der Waals surface area contributed by atoms with Crippen molar-refractivity contribution >= 4 is 29.6 Å². The molecule has 1 N–H and O–H groups in total. The summed E-state index contributed by atoms with van der Waals surface area (Å²) < 4.78 is 22.4. The second-order valence-electron chi connectivity index (χ2n) is 13.8. The van der Waals surface area contributed by atoms with E-state index in [1.54, 1.807) is 52.0 Å². The fourth-order valence-electron chi connectivity index (χ4n) is 6.24. The van der Waals surface area contributed by atoms with Crippen LogP contribution in [-0.2, 0) is 35.2 Å². The van der Waals surface area contributed by atoms with E-state index in [0.717, 1.165) is 63.6 Å². The molecule has 0 bridgehead atoms. The number of benzene rings is 2. The molecule has 0 aromatic heterocycles. The summed E-state index contributed by atoms with van der Waals surface area (Å²) in [7, 11) is 0. The molecular weight excluding hydrogens is 626 g/mol. The van der Waals surface area contributed by atoms with Crippen LogP contribution in [0.3, 0.4) is 0 Å². The van der Waals surface area contributed by atoms with Crippen LogP contribution < -0.4 is 15.0 Å². The Morgan fingerprint density at radius 3 is 2.35 bits per heavy atom. The van der Waals surface area contributed by atoms with Crippen LogP contribution in [0.2, 0.25) is 0 Å². The number of amides is 2. The van der Waals surface area contributed by atoms with Crippen molar-refractivity contribution in [2.45, 2.75) is 103 Å². The number of piperidine rings is 1. The lowest BCUT2D eigenvalue weighted by Crippen LogP contribution is -2.55. The number of anilines is 1. The SMILES string of the molecule is CCOC(=O)[C@@H](CCCCCCC1CCN(C(=O)OCc2ccccc2)CC1)N[C@H]1COc2ccccc2N(CC(=O)OC(C)(C)C)C1=O. The smallest absolute Gasteiger partial charge is 0.410 e. The highest BCUT2D eigenvalue weighted by molar-refractivity contribution is 6.02. The third-order valence-corrected chi connectivity index (χ3v) is 8.74. The molecule has 49 heavy (non-hydrogen) atoms. The van der Waals surface area contributed by atoms with E-state index in [1.165, 1.54) is 4.90 Å². The molecule has 0 aliphatic carbocycles. The summed E-state index contributed by atoms with van der Waals surface area (Å²) in [5, 5.41) is 3.21. The van der Waals surface area contributed by atoms with E-state index in [4.69, 9.17) is 18.9 Å². The van der Waals surface area contributed by atoms with Gasteiger partial charge in [-0.2, -0.15) is 0 Å². The summed E-state index contributed by atoms with van der Waals surface area (Å²) in [6.45, 7) is 8.75. The zero-order valence-corrected chi connectivity index (χ0v) is 29.5. The molecule has 11 nitrogen and oxygen atoms in total. The number of carbonyl (C=O) groups excluding carboxylic acids is 4. The van der Waals surface area contributed by atoms with Gasteiger partial charge in [0.2, 0.25) is 5.91 Å². The summed E-state index contributed by atoms with van der Waals surface area (Å²) >= 11 is 0. The van der Waals surface area contributed by atoms with E-state index in [1.807, 2.05) is 35.2 Å². The van der Waals surface area contributed by atoms with Crippen LogP contribution in [-0.4, -0.2) is 79.4 Å². The summed E-state index contributed by atoms with van der Waals surface area (Å²) in [6, 6.07) is 15.2. The number of rotatable bonds is 15. The molecule has 2 heterocycles. The number of unbranched alkanes of at least 4 members (excludes halogenated alkanes) is 3. The lowest BCUT2D eigenvalue weighted by Gasteiger charge is -2.31. The van der Waals surface area contributed by atoms with Crippen LogP contribution in [0.4, 0.5) is 10.5 Å². The van der Waals surface area contributed by atoms with Gasteiger partial charge in [-0.1, -0.05) is 74.6 Å². The van der Waals surface area contributed by atoms with Gasteiger partial charge in [0.25, 0.3) is 0 Å². The molecule has 2 amide bonds. The maximum Gasteiger partial charge on any atom is 0.410 e. The highest BCUT2D eigenvalue weighted by Crippen LogP contribution is 2.31. The number of fused-ring (bicyclic) bond motifs is 1. The first kappa shape index (κ1) is 37.7. The van der Waals surface area contributed by atoms with Crippen molar-refractivity contribution in [3.8, 4) is 5.75 Å². The minimum Gasteiger partial charge on any atom is -0.489 e. The van der Waals surface area contributed by atoms with Gasteiger partial charge in [0, 0.05) is 13.1 Å². The molecule has 1 saturated heterocycles. The quantitative estimate of drug-likeness (QED) is 0.137. The van der Waals surface area contributed by atoms with Gasteiger partial charge in [0.05, 0.1) is 12.3 Å². The first-order valence-corrected chi connectivity index (χ1v) is 17.7. The van der Waals surface area contributed by atoms with Crippen LogP contribution in [0.25, 0.3) is 0 Å². The Kier molecular flexibility index (Phi) is 14.3. The standard InChI is InChI=1S/C38H53N3O8/c1-5-46-36(44)30(39-31-27-47-33-20-14-13-19-32(33)41(35(31)43)25-34(42)49-38(2,3)4)18-12-7-6-9-15-28-21-23-40(24-22-28)37(45)48-26-29-16-10-8-11-17-29/h8,10-11,13-14,16-17,19-20,28,30-31,39H,5-7,9,12,15,18,21-27H2,1-4H3/t30-,31+/m1/s1. The van der Waals surface area contributed by atoms with Gasteiger partial charge in [-0.25, -0.2) is 4.79 Å². The highest BCUT2D eigenvalue weighted by atomic mass is 16.6. The van der Waals surface area contributed by atoms with Gasteiger partial charge < -0.3 is 23.8 Å². The fraction of sp³-hybridized carbons (Fsp3) is 0.579. The van der Waals surface area contributed by atoms with E-state index < -0.39 is 29.6 Å². The van der Waals surface area contributed by atoms with E-state index in [0.29, 0.717) is 23.8 Å². The number of hydrogen-bond donors (Lipinski definition) is 1. The average molecular weight is 680 g/mol. The maximum atomic E-state index is 13.8. The normalized spacial score (nSPS) is 17.4. The van der Waals surface area contributed by atoms with E-state index in [9.17, 15) is 19.2 Å². The number of carbonyl (C=O) groups is 4. The number of ether oxygens (including phenoxy) is 4. The molecule has 11 heteroatoms. The topological polar surface area (TPSA) is 124 Å². The second kappa shape index (κ2) is 18.6. The second-order valence-corrected chi connectivity index (χ2v) is 13.8. The number of esters is 2. The van der Waals surface area contributed by atoms with E-state index >= 15 is 0 Å². The van der Waals surface area contributed by atoms with Crippen molar-refractivity contribution in [3.63, 3.8) is 0 Å². The van der Waals surface area contributed by atoms with Crippen LogP contribution in [0.5, 0.6) is 5.75 Å². The van der Waals surface area contributed by atoms with Crippen molar-refractivity contribution < 1.29 is 38.1 Å². The zero-order valence-electron chi connectivity index (χ0n) is 29.5. The Bertz CT molecular complexity index is 1370. The minimum absolute atomic E-state index is 0.000135. The monoisotopic (exact) mass is 679 g/mol. The van der Waals surface area contributed by atoms with Gasteiger partial charge in [0.15, 0.2) is 0 Å². The van der Waals surface area contributed by atoms with Crippen molar-refractivity contribution in [2.24, 2.45) is 5.92 Å². The van der Waals surface area contributed by atoms with Crippen LogP contribution >= 0.6 is 0 Å². The number of nitrogens with one attached hydrogen (secondary N) is 1. The predicted octanol–water partition coefficient (Wildman–Crippen LogP) is 6.03. The summed E-state index contributed by atoms with van der Waals surface area (Å²) in [5.41, 5.74) is 0.754. The lowest BCUT2D eigenvalue weighted by molar-refractivity contribution is -0.154. The molecular formula is C38H53N3O8. The summed E-state index contributed by atoms with van der Waals surface area (Å²) in [6.07, 6.45) is 7.14. The van der Waals surface area contributed by atoms with Gasteiger partial charge in [-0.05, 0) is 70.6 Å². The third kappa shape index (κ3) is 12.1. The molecule has 2 aliphatic rings. The molecule has 2 aromatic rings. The molecule has 0 radical (unpaired) electrons. The van der Waals surface area contributed by atoms with Crippen molar-refractivity contribution in [2.75, 3.05) is 37.7 Å². The molecule has 0 unspecified atom stereocenters. The zero-order chi connectivity index (χ0) is 35.2. The fourth-order valence-corrected chi connectivity index (χ4v) is 6.24. The molecule has 2 atom stereocenters. The van der Waals surface area contributed by atoms with Gasteiger partial charge in [-0.15, -0.1) is 0 Å². The van der Waals surface area contributed by atoms with E-state index in [2.05, 4.69) is 5.32 Å². The predicted molar refractivity (Wildman–Crippen MR) is 186 cm³/mol. The molecule has 268 valence electrons. The lowest BCUT2D eigenvalue weighted by atomic mass is 9.91. The first-order chi connectivity index (χ1) is 23.5. The maximum absolute atomic E-state index is 13.8. The summed E-state index contributed by atoms with van der Waals surface area (Å²) in [5.74, 6) is -0.262. The Labute approximate surface area is 290 Å². The molecule has 1 fully saturated rings. The first-order valence-electron chi connectivity index (χ1n) is 17.7. The molecule has 0 saturated carbocycles. The average Bonchev–Trinajstić information content (AvgIpc) is 3.20. The number of hydrogen-bond acceptors (Lipinski definition) is 9. The Balaban J connectivity index is 1.22. The number of likely N-dealkylation sites (tertiary alicyclic amines) is 1. The Morgan fingerprint density at radius 2 is 1.63 bits per heavy atom. The Morgan fingerprint density at radius 1 is 0.939 bits per heavy atom. The summed E-state index contributed by atoms with van der Waals surface area (Å²) in [4.78, 5) is 55.3. The Hall–Kier alpha value is -4.12. The molecule has 0 spiro atoms. The van der Waals surface area contributed by atoms with Gasteiger partial charge in [0.1, 0.15) is 43.2 Å². The van der Waals surface area contributed by atoms with Crippen molar-refractivity contribution in [1.82, 2.24) is 10.2 Å². The van der Waals surface area contributed by atoms with E-state index in [-0.39, 0.29) is 38.4 Å². The van der Waals surface area contributed by atoms with Crippen LogP contribution in [0.15, 0.2) is 54.6 Å². The van der Waals surface area contributed by atoms with Crippen molar-refractivity contribution in [1.29, 1.82) is 0 Å². The minimum atomic E-state index is -0.870. The van der Waals surface area contributed by atoms with Crippen molar-refractivity contribution in [3.05, 3.63) is 60.2 Å². The largest absolute Gasteiger partial charge is 0.489 e. The number of nitrogens with zero attached hydrogens (tertiary/aromatic N) is 2. The third-order valence-electron chi connectivity index (χ3n) is 8.74. The number of para-hydroxylation sites is 2. The molecule has 2 aliphatic heterocycles. The molecule has 4 rings (SSSR count). The highest BCUT2D eigenvalue weighted by Gasteiger charge is 2.36. The molecule has 2 aromatic carbocycles. The van der Waals surface area contributed by atoms with Gasteiger partial charge >= 0.3 is 18.0 Å².